The van der Waals surface area contributed by atoms with Crippen LogP contribution in [0.4, 0.5) is 4.39 Å². The fraction of sp³-hybridized carbons (Fsp3) is 0.864. The van der Waals surface area contributed by atoms with Gasteiger partial charge in [0.2, 0.25) is 15.9 Å². The number of ketones is 1. The summed E-state index contributed by atoms with van der Waals surface area (Å²) in [6.45, 7) is 4.74. The Morgan fingerprint density at radius 2 is 1.94 bits per heavy atom. The van der Waals surface area contributed by atoms with Crippen LogP contribution in [0, 0.1) is 28.1 Å². The molecule has 1 N–H and O–H groups in total. The number of fused-ring (bicyclic) bond motifs is 2. The van der Waals surface area contributed by atoms with Gasteiger partial charge in [0.05, 0.1) is 24.9 Å². The molecule has 4 atom stereocenters. The van der Waals surface area contributed by atoms with Gasteiger partial charge in [-0.2, -0.15) is 5.26 Å². The SMILES string of the molecule is CC1(C)[C@@H]2CC[C@]1(CS(=O)(=O)N1CCC(NCC(=O)N3C[C@@H](F)C[C@H]3C#N)CC1)C(=O)C2.Cl. The zero-order valence-corrected chi connectivity index (χ0v) is 20.9. The number of rotatable bonds is 6. The first kappa shape index (κ1) is 26.3. The van der Waals surface area contributed by atoms with Gasteiger partial charge >= 0.3 is 0 Å². The third-order valence-corrected chi connectivity index (χ3v) is 10.7. The van der Waals surface area contributed by atoms with Crippen molar-refractivity contribution in [3.63, 3.8) is 0 Å². The molecule has 4 rings (SSSR count). The van der Waals surface area contributed by atoms with Crippen LogP contribution in [0.25, 0.3) is 0 Å². The van der Waals surface area contributed by atoms with E-state index in [0.717, 1.165) is 6.42 Å². The molecule has 0 aromatic heterocycles. The number of halogens is 2. The topological polar surface area (TPSA) is 111 Å². The van der Waals surface area contributed by atoms with Gasteiger partial charge in [-0.3, -0.25) is 9.59 Å². The van der Waals surface area contributed by atoms with Crippen molar-refractivity contribution in [2.45, 2.75) is 70.6 Å². The van der Waals surface area contributed by atoms with E-state index in [1.165, 1.54) is 9.21 Å². The van der Waals surface area contributed by atoms with Crippen molar-refractivity contribution < 1.29 is 22.4 Å². The molecule has 2 saturated carbocycles. The lowest BCUT2D eigenvalue weighted by molar-refractivity contribution is -0.130. The molecule has 186 valence electrons. The Morgan fingerprint density at radius 1 is 1.27 bits per heavy atom. The highest BCUT2D eigenvalue weighted by molar-refractivity contribution is 7.89. The number of alkyl halides is 1. The molecule has 33 heavy (non-hydrogen) atoms. The predicted molar refractivity (Wildman–Crippen MR) is 123 cm³/mol. The predicted octanol–water partition coefficient (Wildman–Crippen LogP) is 1.65. The third kappa shape index (κ3) is 4.54. The fourth-order valence-electron chi connectivity index (χ4n) is 6.36. The molecular formula is C22H34ClFN4O4S. The number of hydrogen-bond donors (Lipinski definition) is 1. The number of nitrogens with one attached hydrogen (secondary N) is 1. The summed E-state index contributed by atoms with van der Waals surface area (Å²) >= 11 is 0. The van der Waals surface area contributed by atoms with Crippen LogP contribution < -0.4 is 5.32 Å². The quantitative estimate of drug-likeness (QED) is 0.589. The van der Waals surface area contributed by atoms with Crippen LogP contribution in [0.1, 0.15) is 52.4 Å². The minimum Gasteiger partial charge on any atom is -0.323 e. The first-order chi connectivity index (χ1) is 15.0. The van der Waals surface area contributed by atoms with E-state index in [1.54, 1.807) is 0 Å². The molecule has 0 spiro atoms. The van der Waals surface area contributed by atoms with Crippen LogP contribution in [0.3, 0.4) is 0 Å². The van der Waals surface area contributed by atoms with Crippen molar-refractivity contribution >= 4 is 34.1 Å². The van der Waals surface area contributed by atoms with Crippen molar-refractivity contribution in [3.05, 3.63) is 0 Å². The summed E-state index contributed by atoms with van der Waals surface area (Å²) in [6, 6.07) is 1.24. The highest BCUT2D eigenvalue weighted by atomic mass is 35.5. The molecular weight excluding hydrogens is 471 g/mol. The Hall–Kier alpha value is -1.28. The number of likely N-dealkylation sites (tertiary alicyclic amines) is 1. The Balaban J connectivity index is 0.00000306. The number of carbonyl (C=O) groups is 2. The van der Waals surface area contributed by atoms with Crippen molar-refractivity contribution in [2.24, 2.45) is 16.7 Å². The second-order valence-corrected chi connectivity index (χ2v) is 12.5. The van der Waals surface area contributed by atoms with E-state index in [4.69, 9.17) is 5.26 Å². The largest absolute Gasteiger partial charge is 0.323 e. The van der Waals surface area contributed by atoms with E-state index in [0.29, 0.717) is 38.8 Å². The number of nitriles is 1. The van der Waals surface area contributed by atoms with Crippen molar-refractivity contribution in [3.8, 4) is 6.07 Å². The van der Waals surface area contributed by atoms with Gasteiger partial charge in [-0.15, -0.1) is 12.4 Å². The highest BCUT2D eigenvalue weighted by Crippen LogP contribution is 2.64. The summed E-state index contributed by atoms with van der Waals surface area (Å²) in [7, 11) is -3.57. The second-order valence-electron chi connectivity index (χ2n) is 10.5. The Kier molecular flexibility index (Phi) is 7.50. The molecule has 8 nitrogen and oxygen atoms in total. The van der Waals surface area contributed by atoms with Gasteiger partial charge in [0, 0.05) is 37.4 Å². The molecule has 2 aliphatic carbocycles. The summed E-state index contributed by atoms with van der Waals surface area (Å²) in [5, 5.41) is 12.3. The minimum absolute atomic E-state index is 0. The summed E-state index contributed by atoms with van der Waals surface area (Å²) in [5.41, 5.74) is -1.05. The van der Waals surface area contributed by atoms with Crippen LogP contribution in [-0.2, 0) is 19.6 Å². The van der Waals surface area contributed by atoms with Crippen LogP contribution >= 0.6 is 12.4 Å². The number of piperidine rings is 1. The normalized spacial score (nSPS) is 34.3. The smallest absolute Gasteiger partial charge is 0.237 e. The van der Waals surface area contributed by atoms with Crippen molar-refractivity contribution in [1.82, 2.24) is 14.5 Å². The van der Waals surface area contributed by atoms with Gasteiger partial charge in [0.25, 0.3) is 0 Å². The zero-order chi connectivity index (χ0) is 23.3. The van der Waals surface area contributed by atoms with Gasteiger partial charge in [0.1, 0.15) is 18.0 Å². The van der Waals surface area contributed by atoms with Gasteiger partial charge in [-0.05, 0) is 37.0 Å². The Labute approximate surface area is 201 Å². The summed E-state index contributed by atoms with van der Waals surface area (Å²) < 4.78 is 41.5. The maximum absolute atomic E-state index is 13.5. The molecule has 0 aromatic rings. The van der Waals surface area contributed by atoms with Crippen molar-refractivity contribution in [1.29, 1.82) is 5.26 Å². The maximum atomic E-state index is 13.5. The fourth-order valence-corrected chi connectivity index (χ4v) is 8.61. The van der Waals surface area contributed by atoms with Crippen LogP contribution in [-0.4, -0.2) is 79.5 Å². The average Bonchev–Trinajstić information content (AvgIpc) is 3.30. The second kappa shape index (κ2) is 9.40. The number of Topliss-reactive ketones (excluding diaryl/α,β-unsaturated/α-hetero) is 1. The molecule has 2 aliphatic heterocycles. The standard InChI is InChI=1S/C22H33FN4O4S.ClH/c1-21(2)15-3-6-22(21,19(28)9-15)14-32(30,31)26-7-4-17(5-8-26)25-12-20(29)27-13-16(23)10-18(27)11-24;/h15-18,25H,3-10,12-14H2,1-2H3;1H/t15-,16+,18+,22+;/m1./s1. The number of carbonyl (C=O) groups excluding carboxylic acids is 2. The van der Waals surface area contributed by atoms with Crippen LogP contribution in [0.5, 0.6) is 0 Å². The summed E-state index contributed by atoms with van der Waals surface area (Å²) in [4.78, 5) is 26.4. The molecule has 0 aromatic carbocycles. The molecule has 4 aliphatic rings. The van der Waals surface area contributed by atoms with E-state index in [2.05, 4.69) is 5.32 Å². The molecule has 0 unspecified atom stereocenters. The number of amides is 1. The Bertz CT molecular complexity index is 931. The number of hydrogen-bond acceptors (Lipinski definition) is 6. The lowest BCUT2D eigenvalue weighted by atomic mass is 9.70. The average molecular weight is 505 g/mol. The highest BCUT2D eigenvalue weighted by Gasteiger charge is 2.65. The maximum Gasteiger partial charge on any atom is 0.237 e. The summed E-state index contributed by atoms with van der Waals surface area (Å²) in [6.07, 6.45) is 2.09. The van der Waals surface area contributed by atoms with E-state index in [9.17, 15) is 22.4 Å². The first-order valence-corrected chi connectivity index (χ1v) is 13.2. The molecule has 4 fully saturated rings. The molecule has 1 amide bonds. The van der Waals surface area contributed by atoms with E-state index in [-0.39, 0.29) is 66.7 Å². The number of sulfonamides is 1. The van der Waals surface area contributed by atoms with Crippen LogP contribution in [0.2, 0.25) is 0 Å². The first-order valence-electron chi connectivity index (χ1n) is 11.6. The molecule has 11 heteroatoms. The third-order valence-electron chi connectivity index (χ3n) is 8.68. The van der Waals surface area contributed by atoms with Gasteiger partial charge in [-0.1, -0.05) is 13.8 Å². The van der Waals surface area contributed by atoms with Gasteiger partial charge in [-0.25, -0.2) is 17.1 Å². The van der Waals surface area contributed by atoms with Crippen LogP contribution in [0.15, 0.2) is 0 Å². The Morgan fingerprint density at radius 3 is 2.48 bits per heavy atom. The zero-order valence-electron chi connectivity index (χ0n) is 19.3. The van der Waals surface area contributed by atoms with Gasteiger partial charge < -0.3 is 10.2 Å². The lowest BCUT2D eigenvalue weighted by Gasteiger charge is -2.39. The monoisotopic (exact) mass is 504 g/mol. The van der Waals surface area contributed by atoms with E-state index in [1.807, 2.05) is 19.9 Å². The molecule has 2 heterocycles. The van der Waals surface area contributed by atoms with Gasteiger partial charge in [0.15, 0.2) is 0 Å². The summed E-state index contributed by atoms with van der Waals surface area (Å²) in [5.74, 6) is -0.0240. The molecule has 2 saturated heterocycles. The lowest BCUT2D eigenvalue weighted by Crippen LogP contribution is -2.51. The minimum atomic E-state index is -3.57. The molecule has 2 bridgehead atoms. The van der Waals surface area contributed by atoms with E-state index < -0.39 is 27.7 Å². The van der Waals surface area contributed by atoms with Crippen molar-refractivity contribution in [2.75, 3.05) is 31.9 Å². The number of nitrogens with zero attached hydrogens (tertiary/aromatic N) is 3. The van der Waals surface area contributed by atoms with E-state index >= 15 is 0 Å². The molecule has 0 radical (unpaired) electrons.